The minimum Gasteiger partial charge on any atom is -0.466 e. The highest BCUT2D eigenvalue weighted by molar-refractivity contribution is 5.82. The average molecular weight is 270 g/mol. The summed E-state index contributed by atoms with van der Waals surface area (Å²) in [4.78, 5) is 3.20. The van der Waals surface area contributed by atoms with Crippen LogP contribution >= 0.6 is 0 Å². The predicted molar refractivity (Wildman–Crippen MR) is 78.3 cm³/mol. The van der Waals surface area contributed by atoms with Crippen LogP contribution in [0.1, 0.15) is 18.2 Å². The number of aromatic nitrogens is 1. The Bertz CT molecular complexity index is 683. The summed E-state index contributed by atoms with van der Waals surface area (Å²) in [5.41, 5.74) is 1.33. The van der Waals surface area contributed by atoms with Crippen molar-refractivity contribution in [3.8, 4) is 0 Å². The van der Waals surface area contributed by atoms with Crippen molar-refractivity contribution in [1.29, 1.82) is 0 Å². The number of benzene rings is 1. The highest BCUT2D eigenvalue weighted by Crippen LogP contribution is 2.21. The Morgan fingerprint density at radius 2 is 2.15 bits per heavy atom. The number of rotatable bonds is 5. The summed E-state index contributed by atoms with van der Waals surface area (Å²) in [7, 11) is 0. The number of aromatic amines is 1. The highest BCUT2D eigenvalue weighted by atomic mass is 16.4. The molecule has 0 aliphatic heterocycles. The lowest BCUT2D eigenvalue weighted by Gasteiger charge is -2.21. The van der Waals surface area contributed by atoms with Crippen molar-refractivity contribution in [3.05, 3.63) is 60.2 Å². The van der Waals surface area contributed by atoms with E-state index in [0.717, 1.165) is 5.52 Å². The first-order valence-corrected chi connectivity index (χ1v) is 6.69. The summed E-state index contributed by atoms with van der Waals surface area (Å²) < 4.78 is 5.26. The number of hydrogen-bond acceptors (Lipinski definition) is 3. The zero-order chi connectivity index (χ0) is 14.0. The molecule has 1 unspecified atom stereocenters. The monoisotopic (exact) mass is 270 g/mol. The van der Waals surface area contributed by atoms with Crippen LogP contribution in [-0.2, 0) is 12.1 Å². The van der Waals surface area contributed by atoms with E-state index in [1.54, 1.807) is 25.3 Å². The van der Waals surface area contributed by atoms with Crippen LogP contribution in [0.3, 0.4) is 0 Å². The Morgan fingerprint density at radius 1 is 1.25 bits per heavy atom. The van der Waals surface area contributed by atoms with E-state index in [0.29, 0.717) is 18.8 Å². The second-order valence-electron chi connectivity index (χ2n) is 5.21. The molecule has 3 aromatic rings. The molecule has 3 N–H and O–H groups in total. The Kier molecular flexibility index (Phi) is 3.34. The minimum absolute atomic E-state index is 0.432. The van der Waals surface area contributed by atoms with Crippen LogP contribution in [0.5, 0.6) is 0 Å². The predicted octanol–water partition coefficient (Wildman–Crippen LogP) is 2.76. The highest BCUT2D eigenvalue weighted by Gasteiger charge is 2.25. The van der Waals surface area contributed by atoms with Crippen LogP contribution < -0.4 is 5.32 Å². The van der Waals surface area contributed by atoms with Gasteiger partial charge in [0.2, 0.25) is 0 Å². The molecule has 0 radical (unpaired) electrons. The van der Waals surface area contributed by atoms with E-state index in [4.69, 9.17) is 4.42 Å². The fraction of sp³-hybridized carbons (Fsp3) is 0.250. The van der Waals surface area contributed by atoms with Gasteiger partial charge in [0.1, 0.15) is 11.4 Å². The normalized spacial score (nSPS) is 14.5. The van der Waals surface area contributed by atoms with E-state index < -0.39 is 5.60 Å². The third-order valence-electron chi connectivity index (χ3n) is 3.52. The first-order valence-electron chi connectivity index (χ1n) is 6.69. The molecule has 0 saturated heterocycles. The van der Waals surface area contributed by atoms with Gasteiger partial charge in [-0.1, -0.05) is 12.1 Å². The van der Waals surface area contributed by atoms with Crippen molar-refractivity contribution >= 4 is 10.9 Å². The molecule has 0 aliphatic rings. The maximum Gasteiger partial charge on any atom is 0.136 e. The zero-order valence-corrected chi connectivity index (χ0v) is 11.4. The first kappa shape index (κ1) is 13.0. The summed E-state index contributed by atoms with van der Waals surface area (Å²) in [6.07, 6.45) is 3.51. The molecule has 0 amide bonds. The molecule has 1 atom stereocenters. The van der Waals surface area contributed by atoms with Crippen LogP contribution in [0.2, 0.25) is 0 Å². The van der Waals surface area contributed by atoms with Gasteiger partial charge in [-0.2, -0.15) is 0 Å². The van der Waals surface area contributed by atoms with E-state index in [-0.39, 0.29) is 0 Å². The molecular formula is C16H18N2O2. The third-order valence-corrected chi connectivity index (χ3v) is 3.52. The number of fused-ring (bicyclic) bond motifs is 1. The maximum atomic E-state index is 10.4. The van der Waals surface area contributed by atoms with Gasteiger partial charge in [-0.25, -0.2) is 0 Å². The van der Waals surface area contributed by atoms with Gasteiger partial charge in [0.05, 0.1) is 6.26 Å². The van der Waals surface area contributed by atoms with Gasteiger partial charge in [-0.3, -0.25) is 0 Å². The molecule has 0 fully saturated rings. The van der Waals surface area contributed by atoms with Crippen LogP contribution in [0, 0.1) is 0 Å². The maximum absolute atomic E-state index is 10.4. The number of nitrogens with one attached hydrogen (secondary N) is 2. The van der Waals surface area contributed by atoms with Gasteiger partial charge < -0.3 is 19.8 Å². The van der Waals surface area contributed by atoms with Gasteiger partial charge in [0, 0.05) is 30.2 Å². The van der Waals surface area contributed by atoms with Gasteiger partial charge >= 0.3 is 0 Å². The third kappa shape index (κ3) is 2.48. The number of furan rings is 1. The Balaban J connectivity index is 1.67. The molecule has 104 valence electrons. The molecule has 0 aliphatic carbocycles. The van der Waals surface area contributed by atoms with Crippen LogP contribution in [-0.4, -0.2) is 16.6 Å². The molecule has 1 aromatic carbocycles. The molecular weight excluding hydrogens is 252 g/mol. The lowest BCUT2D eigenvalue weighted by molar-refractivity contribution is 0.0340. The summed E-state index contributed by atoms with van der Waals surface area (Å²) >= 11 is 0. The Morgan fingerprint density at radius 3 is 2.95 bits per heavy atom. The quantitative estimate of drug-likeness (QED) is 0.668. The Hall–Kier alpha value is -2.04. The fourth-order valence-corrected chi connectivity index (χ4v) is 2.42. The van der Waals surface area contributed by atoms with E-state index >= 15 is 0 Å². The molecule has 2 heterocycles. The average Bonchev–Trinajstić information content (AvgIpc) is 3.10. The van der Waals surface area contributed by atoms with Gasteiger partial charge in [-0.15, -0.1) is 0 Å². The standard InChI is InChI=1S/C16H18N2O2/c1-16(19,15-6-3-9-20-15)11-17-10-12-4-2-5-14-13(12)7-8-18-14/h2-9,17-19H,10-11H2,1H3. The minimum atomic E-state index is -1.00. The number of hydrogen-bond donors (Lipinski definition) is 3. The van der Waals surface area contributed by atoms with Crippen molar-refractivity contribution < 1.29 is 9.52 Å². The number of H-pyrrole nitrogens is 1. The first-order chi connectivity index (χ1) is 9.67. The topological polar surface area (TPSA) is 61.2 Å². The molecule has 2 aromatic heterocycles. The molecule has 0 bridgehead atoms. The molecule has 20 heavy (non-hydrogen) atoms. The molecule has 4 heteroatoms. The summed E-state index contributed by atoms with van der Waals surface area (Å²) in [6, 6.07) is 11.8. The fourth-order valence-electron chi connectivity index (χ4n) is 2.42. The lowest BCUT2D eigenvalue weighted by atomic mass is 10.0. The van der Waals surface area contributed by atoms with Crippen molar-refractivity contribution in [1.82, 2.24) is 10.3 Å². The molecule has 3 rings (SSSR count). The molecule has 0 saturated carbocycles. The van der Waals surface area contributed by atoms with Gasteiger partial charge in [-0.05, 0) is 36.8 Å². The summed E-state index contributed by atoms with van der Waals surface area (Å²) in [6.45, 7) is 2.88. The SMILES string of the molecule is CC(O)(CNCc1cccc2[nH]ccc12)c1ccco1. The van der Waals surface area contributed by atoms with Crippen molar-refractivity contribution in [2.75, 3.05) is 6.54 Å². The van der Waals surface area contributed by atoms with Crippen molar-refractivity contribution in [2.24, 2.45) is 0 Å². The smallest absolute Gasteiger partial charge is 0.136 e. The summed E-state index contributed by atoms with van der Waals surface area (Å²) in [5, 5.41) is 14.9. The van der Waals surface area contributed by atoms with E-state index in [1.165, 1.54) is 10.9 Å². The molecule has 0 spiro atoms. The van der Waals surface area contributed by atoms with Gasteiger partial charge in [0.15, 0.2) is 0 Å². The van der Waals surface area contributed by atoms with Crippen LogP contribution in [0.4, 0.5) is 0 Å². The number of aliphatic hydroxyl groups is 1. The summed E-state index contributed by atoms with van der Waals surface area (Å²) in [5.74, 6) is 0.574. The van der Waals surface area contributed by atoms with E-state index in [1.807, 2.05) is 12.3 Å². The van der Waals surface area contributed by atoms with Crippen molar-refractivity contribution in [3.63, 3.8) is 0 Å². The van der Waals surface area contributed by atoms with Crippen LogP contribution in [0.25, 0.3) is 10.9 Å². The Labute approximate surface area is 117 Å². The van der Waals surface area contributed by atoms with Gasteiger partial charge in [0.25, 0.3) is 0 Å². The largest absolute Gasteiger partial charge is 0.466 e. The van der Waals surface area contributed by atoms with Crippen LogP contribution in [0.15, 0.2) is 53.3 Å². The second-order valence-corrected chi connectivity index (χ2v) is 5.21. The van der Waals surface area contributed by atoms with E-state index in [9.17, 15) is 5.11 Å². The second kappa shape index (κ2) is 5.15. The van der Waals surface area contributed by atoms with E-state index in [2.05, 4.69) is 28.5 Å². The van der Waals surface area contributed by atoms with Crippen molar-refractivity contribution in [2.45, 2.75) is 19.1 Å². The molecule has 4 nitrogen and oxygen atoms in total. The lowest BCUT2D eigenvalue weighted by Crippen LogP contribution is -2.34. The zero-order valence-electron chi connectivity index (χ0n) is 11.4.